The SMILES string of the molecule is CCCCCC(=O)N(C)CCCn1c2c(c(=O)[nH]c1=O)CSCC2. The molecule has 1 aromatic rings. The largest absolute Gasteiger partial charge is 0.346 e. The molecule has 0 saturated heterocycles. The Labute approximate surface area is 146 Å². The van der Waals surface area contributed by atoms with Crippen LogP contribution in [0, 0.1) is 0 Å². The average molecular weight is 353 g/mol. The smallest absolute Gasteiger partial charge is 0.328 e. The van der Waals surface area contributed by atoms with E-state index < -0.39 is 0 Å². The molecule has 0 atom stereocenters. The lowest BCUT2D eigenvalue weighted by atomic mass is 10.2. The van der Waals surface area contributed by atoms with Crippen LogP contribution < -0.4 is 11.2 Å². The van der Waals surface area contributed by atoms with Gasteiger partial charge in [-0.05, 0) is 25.0 Å². The number of hydrogen-bond donors (Lipinski definition) is 1. The highest BCUT2D eigenvalue weighted by molar-refractivity contribution is 7.98. The van der Waals surface area contributed by atoms with Gasteiger partial charge in [0.2, 0.25) is 5.91 Å². The summed E-state index contributed by atoms with van der Waals surface area (Å²) in [6.07, 6.45) is 5.18. The summed E-state index contributed by atoms with van der Waals surface area (Å²) >= 11 is 1.72. The number of nitrogens with zero attached hydrogens (tertiary/aromatic N) is 2. The number of hydrogen-bond acceptors (Lipinski definition) is 4. The van der Waals surface area contributed by atoms with Crippen molar-refractivity contribution >= 4 is 17.7 Å². The first kappa shape index (κ1) is 18.8. The summed E-state index contributed by atoms with van der Waals surface area (Å²) in [5.74, 6) is 1.77. The van der Waals surface area contributed by atoms with Crippen LogP contribution in [0.2, 0.25) is 0 Å². The van der Waals surface area contributed by atoms with Crippen LogP contribution in [0.25, 0.3) is 0 Å². The van der Waals surface area contributed by atoms with E-state index in [0.717, 1.165) is 42.7 Å². The van der Waals surface area contributed by atoms with Crippen molar-refractivity contribution in [3.8, 4) is 0 Å². The van der Waals surface area contributed by atoms with Gasteiger partial charge in [-0.15, -0.1) is 0 Å². The summed E-state index contributed by atoms with van der Waals surface area (Å²) in [5.41, 5.74) is 1.03. The van der Waals surface area contributed by atoms with Crippen LogP contribution in [0.5, 0.6) is 0 Å². The van der Waals surface area contributed by atoms with Crippen molar-refractivity contribution in [3.63, 3.8) is 0 Å². The Balaban J connectivity index is 1.94. The Morgan fingerprint density at radius 1 is 1.29 bits per heavy atom. The van der Waals surface area contributed by atoms with Crippen LogP contribution >= 0.6 is 11.8 Å². The van der Waals surface area contributed by atoms with Crippen molar-refractivity contribution < 1.29 is 4.79 Å². The zero-order valence-electron chi connectivity index (χ0n) is 14.6. The molecule has 1 aliphatic rings. The third-order valence-electron chi connectivity index (χ3n) is 4.44. The van der Waals surface area contributed by atoms with E-state index in [1.54, 1.807) is 21.2 Å². The standard InChI is InChI=1S/C17H27N3O3S/c1-3-4-5-7-15(21)19(2)9-6-10-20-14-8-11-24-12-13(14)16(22)18-17(20)23/h3-12H2,1-2H3,(H,18,22,23). The van der Waals surface area contributed by atoms with E-state index in [-0.39, 0.29) is 17.2 Å². The molecule has 6 nitrogen and oxygen atoms in total. The molecule has 24 heavy (non-hydrogen) atoms. The van der Waals surface area contributed by atoms with Crippen molar-refractivity contribution in [2.75, 3.05) is 19.3 Å². The van der Waals surface area contributed by atoms with Gasteiger partial charge in [-0.2, -0.15) is 11.8 Å². The van der Waals surface area contributed by atoms with Crippen LogP contribution in [-0.2, 0) is 23.5 Å². The van der Waals surface area contributed by atoms with Gasteiger partial charge in [-0.1, -0.05) is 19.8 Å². The molecule has 1 N–H and O–H groups in total. The zero-order valence-corrected chi connectivity index (χ0v) is 15.4. The molecule has 0 aromatic carbocycles. The van der Waals surface area contributed by atoms with Gasteiger partial charge in [0, 0.05) is 43.6 Å². The Hall–Kier alpha value is -1.50. The van der Waals surface area contributed by atoms with Crippen LogP contribution in [0.15, 0.2) is 9.59 Å². The Morgan fingerprint density at radius 3 is 2.83 bits per heavy atom. The maximum atomic E-state index is 12.1. The number of aromatic amines is 1. The minimum atomic E-state index is -0.331. The second kappa shape index (κ2) is 9.11. The highest BCUT2D eigenvalue weighted by Crippen LogP contribution is 2.20. The average Bonchev–Trinajstić information content (AvgIpc) is 2.57. The third kappa shape index (κ3) is 4.75. The molecule has 0 unspecified atom stereocenters. The van der Waals surface area contributed by atoms with E-state index in [9.17, 15) is 14.4 Å². The fourth-order valence-electron chi connectivity index (χ4n) is 2.98. The lowest BCUT2D eigenvalue weighted by Gasteiger charge is -2.21. The van der Waals surface area contributed by atoms with Gasteiger partial charge < -0.3 is 4.90 Å². The van der Waals surface area contributed by atoms with Crippen LogP contribution in [0.1, 0.15) is 50.3 Å². The van der Waals surface area contributed by atoms with E-state index in [1.165, 1.54) is 0 Å². The third-order valence-corrected chi connectivity index (χ3v) is 5.42. The number of thioether (sulfide) groups is 1. The maximum absolute atomic E-state index is 12.1. The molecule has 1 aromatic heterocycles. The zero-order chi connectivity index (χ0) is 17.5. The molecule has 2 heterocycles. The van der Waals surface area contributed by atoms with E-state index in [1.807, 2.05) is 7.05 Å². The number of rotatable bonds is 8. The lowest BCUT2D eigenvalue weighted by Crippen LogP contribution is -2.37. The van der Waals surface area contributed by atoms with Crippen molar-refractivity contribution in [1.82, 2.24) is 14.5 Å². The summed E-state index contributed by atoms with van der Waals surface area (Å²) in [7, 11) is 1.82. The number of aromatic nitrogens is 2. The Kier molecular flexibility index (Phi) is 7.15. The second-order valence-corrected chi connectivity index (χ2v) is 7.37. The van der Waals surface area contributed by atoms with Gasteiger partial charge in [0.15, 0.2) is 0 Å². The minimum absolute atomic E-state index is 0.163. The molecular weight excluding hydrogens is 326 g/mol. The maximum Gasteiger partial charge on any atom is 0.328 e. The van der Waals surface area contributed by atoms with Crippen LogP contribution in [0.3, 0.4) is 0 Å². The first-order valence-corrected chi connectivity index (χ1v) is 9.86. The van der Waals surface area contributed by atoms with Crippen molar-refractivity contribution in [2.45, 2.75) is 57.7 Å². The predicted molar refractivity (Wildman–Crippen MR) is 97.6 cm³/mol. The van der Waals surface area contributed by atoms with E-state index in [4.69, 9.17) is 0 Å². The summed E-state index contributed by atoms with van der Waals surface area (Å²) in [4.78, 5) is 40.2. The minimum Gasteiger partial charge on any atom is -0.346 e. The quantitative estimate of drug-likeness (QED) is 0.723. The van der Waals surface area contributed by atoms with Gasteiger partial charge >= 0.3 is 5.69 Å². The highest BCUT2D eigenvalue weighted by Gasteiger charge is 2.18. The molecular formula is C17H27N3O3S. The van der Waals surface area contributed by atoms with Gasteiger partial charge in [-0.25, -0.2) is 4.79 Å². The summed E-state index contributed by atoms with van der Waals surface area (Å²) in [6, 6.07) is 0. The molecule has 7 heteroatoms. The monoisotopic (exact) mass is 353 g/mol. The number of unbranched alkanes of at least 4 members (excludes halogenated alkanes) is 2. The molecule has 134 valence electrons. The summed E-state index contributed by atoms with van der Waals surface area (Å²) in [6.45, 7) is 3.28. The number of fused-ring (bicyclic) bond motifs is 1. The highest BCUT2D eigenvalue weighted by atomic mass is 32.2. The van der Waals surface area contributed by atoms with E-state index in [2.05, 4.69) is 11.9 Å². The van der Waals surface area contributed by atoms with E-state index in [0.29, 0.717) is 31.7 Å². The van der Waals surface area contributed by atoms with Crippen molar-refractivity contribution in [1.29, 1.82) is 0 Å². The lowest BCUT2D eigenvalue weighted by molar-refractivity contribution is -0.130. The predicted octanol–water partition coefficient (Wildman–Crippen LogP) is 1.75. The molecule has 1 aliphatic heterocycles. The second-order valence-electron chi connectivity index (χ2n) is 6.26. The van der Waals surface area contributed by atoms with Crippen LogP contribution in [-0.4, -0.2) is 39.7 Å². The van der Waals surface area contributed by atoms with Crippen LogP contribution in [0.4, 0.5) is 0 Å². The first-order chi connectivity index (χ1) is 11.5. The molecule has 2 rings (SSSR count). The summed E-state index contributed by atoms with van der Waals surface area (Å²) in [5, 5.41) is 0. The van der Waals surface area contributed by atoms with Crippen molar-refractivity contribution in [2.24, 2.45) is 0 Å². The molecule has 0 bridgehead atoms. The fourth-order valence-corrected chi connectivity index (χ4v) is 3.96. The van der Waals surface area contributed by atoms with Gasteiger partial charge in [0.1, 0.15) is 0 Å². The van der Waals surface area contributed by atoms with E-state index >= 15 is 0 Å². The number of amides is 1. The molecule has 1 amide bonds. The Bertz CT molecular complexity index is 681. The number of H-pyrrole nitrogens is 1. The number of nitrogens with one attached hydrogen (secondary N) is 1. The van der Waals surface area contributed by atoms with Gasteiger partial charge in [0.25, 0.3) is 5.56 Å². The first-order valence-electron chi connectivity index (χ1n) is 8.71. The van der Waals surface area contributed by atoms with Crippen molar-refractivity contribution in [3.05, 3.63) is 32.1 Å². The normalized spacial score (nSPS) is 13.6. The molecule has 0 spiro atoms. The van der Waals surface area contributed by atoms with Gasteiger partial charge in [-0.3, -0.25) is 19.1 Å². The number of carbonyl (C=O) groups excluding carboxylic acids is 1. The topological polar surface area (TPSA) is 75.2 Å². The molecule has 0 fully saturated rings. The summed E-state index contributed by atoms with van der Waals surface area (Å²) < 4.78 is 1.69. The number of carbonyl (C=O) groups is 1. The molecule has 0 saturated carbocycles. The fraction of sp³-hybridized carbons (Fsp3) is 0.706. The van der Waals surface area contributed by atoms with Gasteiger partial charge in [0.05, 0.1) is 0 Å². The molecule has 0 aliphatic carbocycles. The Morgan fingerprint density at radius 2 is 2.08 bits per heavy atom. The molecule has 0 radical (unpaired) electrons.